The van der Waals surface area contributed by atoms with Gasteiger partial charge in [-0.25, -0.2) is 0 Å². The van der Waals surface area contributed by atoms with Crippen molar-refractivity contribution in [1.82, 2.24) is 0 Å². The second kappa shape index (κ2) is 31.0. The van der Waals surface area contributed by atoms with Crippen molar-refractivity contribution in [2.24, 2.45) is 0 Å². The Morgan fingerprint density at radius 2 is 1.07 bits per heavy atom. The number of hydrogen-bond acceptors (Lipinski definition) is 10. The standard InChI is InChI=1S/C30H59O10P.Na/c1-3-5-7-9-11-13-15-17-19-21-29(33)37-25-28(26-39-41(35,36)38-24-27(32)23-31)40-30(34)22-20-18-16-14-12-10-8-6-4-2;/h27-28,31-32H,3-26H2,1-2H3,(H,35,36);/q;+1/p-1. The van der Waals surface area contributed by atoms with E-state index in [0.717, 1.165) is 38.5 Å². The Morgan fingerprint density at radius 1 is 0.667 bits per heavy atom. The van der Waals surface area contributed by atoms with Crippen LogP contribution in [0.5, 0.6) is 0 Å². The van der Waals surface area contributed by atoms with Gasteiger partial charge in [0.25, 0.3) is 7.82 Å². The first-order valence-electron chi connectivity index (χ1n) is 16.0. The molecule has 3 atom stereocenters. The van der Waals surface area contributed by atoms with Gasteiger partial charge in [-0.2, -0.15) is 0 Å². The molecule has 0 spiro atoms. The zero-order valence-corrected chi connectivity index (χ0v) is 29.6. The summed E-state index contributed by atoms with van der Waals surface area (Å²) in [7, 11) is -4.84. The van der Waals surface area contributed by atoms with E-state index >= 15 is 0 Å². The maximum atomic E-state index is 12.4. The van der Waals surface area contributed by atoms with Gasteiger partial charge in [0.05, 0.1) is 19.8 Å². The van der Waals surface area contributed by atoms with Crippen LogP contribution in [-0.2, 0) is 32.7 Å². The largest absolute Gasteiger partial charge is 1.00 e. The Kier molecular flexibility index (Phi) is 32.5. The zero-order valence-electron chi connectivity index (χ0n) is 26.7. The summed E-state index contributed by atoms with van der Waals surface area (Å²) in [5.74, 6) is -0.963. The fourth-order valence-corrected chi connectivity index (χ4v) is 5.00. The molecule has 0 amide bonds. The first-order chi connectivity index (χ1) is 19.7. The molecule has 0 aromatic carbocycles. The van der Waals surface area contributed by atoms with Gasteiger partial charge in [0.2, 0.25) is 0 Å². The number of ether oxygens (including phenoxy) is 2. The van der Waals surface area contributed by atoms with Crippen molar-refractivity contribution in [2.45, 2.75) is 154 Å². The molecule has 0 saturated carbocycles. The van der Waals surface area contributed by atoms with Crippen molar-refractivity contribution in [2.75, 3.05) is 26.4 Å². The fourth-order valence-electron chi connectivity index (χ4n) is 4.22. The van der Waals surface area contributed by atoms with E-state index in [1.54, 1.807) is 0 Å². The number of aliphatic hydroxyl groups excluding tert-OH is 2. The molecule has 0 bridgehead atoms. The molecule has 10 nitrogen and oxygen atoms in total. The monoisotopic (exact) mass is 632 g/mol. The Balaban J connectivity index is 0. The minimum atomic E-state index is -4.84. The Labute approximate surface area is 276 Å². The summed E-state index contributed by atoms with van der Waals surface area (Å²) >= 11 is 0. The number of carbonyl (C=O) groups excluding carboxylic acids is 2. The SMILES string of the molecule is CCCCCCCCCCCC(=O)OCC(COP(=O)([O-])OCC(O)CO)OC(=O)CCCCCCCCCCC.[Na+]. The summed E-state index contributed by atoms with van der Waals surface area (Å²) in [6, 6.07) is 0. The van der Waals surface area contributed by atoms with Crippen LogP contribution in [0, 0.1) is 0 Å². The molecule has 0 heterocycles. The van der Waals surface area contributed by atoms with Crippen LogP contribution in [0.15, 0.2) is 0 Å². The maximum absolute atomic E-state index is 12.4. The number of aliphatic hydroxyl groups is 2. The number of carbonyl (C=O) groups is 2. The molecule has 2 N–H and O–H groups in total. The second-order valence-corrected chi connectivity index (χ2v) is 12.2. The van der Waals surface area contributed by atoms with E-state index in [9.17, 15) is 24.2 Å². The molecule has 3 unspecified atom stereocenters. The van der Waals surface area contributed by atoms with Gasteiger partial charge >= 0.3 is 41.5 Å². The third-order valence-electron chi connectivity index (χ3n) is 6.75. The van der Waals surface area contributed by atoms with Gasteiger partial charge < -0.3 is 33.6 Å². The second-order valence-electron chi connectivity index (χ2n) is 10.8. The summed E-state index contributed by atoms with van der Waals surface area (Å²) < 4.78 is 31.9. The molecule has 0 aliphatic carbocycles. The third-order valence-corrected chi connectivity index (χ3v) is 7.68. The molecule has 0 radical (unpaired) electrons. The van der Waals surface area contributed by atoms with Crippen molar-refractivity contribution in [3.63, 3.8) is 0 Å². The average Bonchev–Trinajstić information content (AvgIpc) is 2.95. The number of rotatable bonds is 30. The molecule has 12 heteroatoms. The van der Waals surface area contributed by atoms with E-state index in [-0.39, 0.29) is 49.0 Å². The molecular formula is C30H58NaO10P. The van der Waals surface area contributed by atoms with Crippen LogP contribution in [0.25, 0.3) is 0 Å². The van der Waals surface area contributed by atoms with Crippen molar-refractivity contribution in [3.8, 4) is 0 Å². The van der Waals surface area contributed by atoms with E-state index in [1.165, 1.54) is 64.2 Å². The van der Waals surface area contributed by atoms with Crippen molar-refractivity contribution in [3.05, 3.63) is 0 Å². The molecule has 0 saturated heterocycles. The van der Waals surface area contributed by atoms with Crippen LogP contribution >= 0.6 is 7.82 Å². The topological polar surface area (TPSA) is 152 Å². The van der Waals surface area contributed by atoms with Gasteiger partial charge in [-0.05, 0) is 12.8 Å². The molecule has 244 valence electrons. The smallest absolute Gasteiger partial charge is 0.756 e. The van der Waals surface area contributed by atoms with E-state index in [2.05, 4.69) is 18.4 Å². The van der Waals surface area contributed by atoms with Gasteiger partial charge in [0, 0.05) is 12.8 Å². The Hall–Kier alpha value is -0.0300. The van der Waals surface area contributed by atoms with Gasteiger partial charge in [-0.3, -0.25) is 14.2 Å². The minimum Gasteiger partial charge on any atom is -0.756 e. The number of esters is 2. The average molecular weight is 633 g/mol. The first kappa shape index (κ1) is 44.1. The van der Waals surface area contributed by atoms with Gasteiger partial charge in [0.15, 0.2) is 6.10 Å². The van der Waals surface area contributed by atoms with Crippen molar-refractivity contribution >= 4 is 19.8 Å². The summed E-state index contributed by atoms with van der Waals surface area (Å²) in [6.45, 7) is 2.11. The molecule has 0 aliphatic rings. The quantitative estimate of drug-likeness (QED) is 0.0523. The summed E-state index contributed by atoms with van der Waals surface area (Å²) in [5, 5.41) is 18.1. The van der Waals surface area contributed by atoms with Gasteiger partial charge in [0.1, 0.15) is 12.7 Å². The summed E-state index contributed by atoms with van der Waals surface area (Å²) in [6.07, 6.45) is 17.9. The van der Waals surface area contributed by atoms with E-state index in [1.807, 2.05) is 0 Å². The van der Waals surface area contributed by atoms with Crippen molar-refractivity contribution < 1.29 is 77.3 Å². The third kappa shape index (κ3) is 30.0. The summed E-state index contributed by atoms with van der Waals surface area (Å²) in [5.41, 5.74) is 0. The zero-order chi connectivity index (χ0) is 30.6. The van der Waals surface area contributed by atoms with Crippen LogP contribution in [0.3, 0.4) is 0 Å². The van der Waals surface area contributed by atoms with Crippen LogP contribution < -0.4 is 34.5 Å². The van der Waals surface area contributed by atoms with Gasteiger partial charge in [-0.1, -0.05) is 117 Å². The first-order valence-corrected chi connectivity index (χ1v) is 17.4. The number of unbranched alkanes of at least 4 members (excludes halogenated alkanes) is 16. The molecule has 0 aliphatic heterocycles. The maximum Gasteiger partial charge on any atom is 1.00 e. The molecule has 0 aromatic rings. The van der Waals surface area contributed by atoms with E-state index < -0.39 is 51.8 Å². The minimum absolute atomic E-state index is 0. The van der Waals surface area contributed by atoms with Crippen LogP contribution in [0.4, 0.5) is 0 Å². The molecule has 0 rings (SSSR count). The van der Waals surface area contributed by atoms with E-state index in [4.69, 9.17) is 19.1 Å². The van der Waals surface area contributed by atoms with Crippen LogP contribution in [0.2, 0.25) is 0 Å². The fraction of sp³-hybridized carbons (Fsp3) is 0.933. The normalized spacial score (nSPS) is 14.0. The Bertz CT molecular complexity index is 682. The molecule has 42 heavy (non-hydrogen) atoms. The van der Waals surface area contributed by atoms with E-state index in [0.29, 0.717) is 12.8 Å². The van der Waals surface area contributed by atoms with Crippen molar-refractivity contribution in [1.29, 1.82) is 0 Å². The predicted molar refractivity (Wildman–Crippen MR) is 157 cm³/mol. The molecule has 0 aromatic heterocycles. The Morgan fingerprint density at radius 3 is 1.52 bits per heavy atom. The van der Waals surface area contributed by atoms with Crippen LogP contribution in [0.1, 0.15) is 142 Å². The number of phosphoric acid groups is 1. The van der Waals surface area contributed by atoms with Gasteiger partial charge in [-0.15, -0.1) is 0 Å². The predicted octanol–water partition coefficient (Wildman–Crippen LogP) is 3.14. The molecule has 0 fully saturated rings. The number of hydrogen-bond donors (Lipinski definition) is 2. The number of phosphoric ester groups is 1. The molecular weight excluding hydrogens is 574 g/mol. The van der Waals surface area contributed by atoms with Crippen LogP contribution in [-0.4, -0.2) is 60.8 Å². The summed E-state index contributed by atoms with van der Waals surface area (Å²) in [4.78, 5) is 36.6.